The molecule has 2 aliphatic heterocycles. The number of carbonyl (C=O) groups excluding carboxylic acids is 2. The molecule has 2 unspecified atom stereocenters. The van der Waals surface area contributed by atoms with Crippen LogP contribution < -0.4 is 31.6 Å². The number of aromatic nitrogens is 3. The van der Waals surface area contributed by atoms with Crippen molar-refractivity contribution in [2.75, 3.05) is 20.2 Å². The van der Waals surface area contributed by atoms with E-state index in [0.717, 1.165) is 12.8 Å². The number of amides is 2. The minimum Gasteiger partial charge on any atom is -0.481 e. The molecule has 5 heterocycles. The molecule has 15 heteroatoms. The van der Waals surface area contributed by atoms with Crippen molar-refractivity contribution < 1.29 is 27.5 Å². The maximum absolute atomic E-state index is 15.1. The number of halogens is 4. The molecule has 0 spiro atoms. The van der Waals surface area contributed by atoms with Gasteiger partial charge in [0.15, 0.2) is 0 Å². The fraction of sp³-hybridized carbons (Fsp3) is 0.308. The van der Waals surface area contributed by atoms with E-state index >= 15 is 13.2 Å². The smallest absolute Gasteiger partial charge is 0.417 e. The lowest BCUT2D eigenvalue weighted by Gasteiger charge is -2.20. The van der Waals surface area contributed by atoms with Gasteiger partial charge in [0.1, 0.15) is 5.65 Å². The Morgan fingerprint density at radius 1 is 0.852 bits per heavy atom. The van der Waals surface area contributed by atoms with Crippen LogP contribution in [0.5, 0.6) is 5.88 Å². The summed E-state index contributed by atoms with van der Waals surface area (Å²) in [7, 11) is 1.41. The summed E-state index contributed by atoms with van der Waals surface area (Å²) in [6, 6.07) is 15.7. The molecule has 0 aliphatic carbocycles. The van der Waals surface area contributed by atoms with Crippen molar-refractivity contribution in [3.8, 4) is 39.4 Å². The number of nitrogens with one attached hydrogen (secondary N) is 4. The average Bonchev–Trinajstić information content (AvgIpc) is 3.78. The number of fused-ring (bicyclic) bond motifs is 1. The lowest BCUT2D eigenvalue weighted by molar-refractivity contribution is -0.136. The molecule has 2 amide bonds. The number of ether oxygens (including phenoxy) is 1. The maximum atomic E-state index is 15.1. The van der Waals surface area contributed by atoms with Crippen molar-refractivity contribution >= 4 is 29.1 Å². The zero-order chi connectivity index (χ0) is 38.0. The van der Waals surface area contributed by atoms with Crippen LogP contribution in [0.4, 0.5) is 13.2 Å². The first-order chi connectivity index (χ1) is 26.0. The van der Waals surface area contributed by atoms with Crippen LogP contribution in [0.2, 0.25) is 5.02 Å². The highest BCUT2D eigenvalue weighted by Gasteiger charge is 2.38. The molecule has 54 heavy (non-hydrogen) atoms. The first-order valence-corrected chi connectivity index (χ1v) is 17.9. The number of benzene rings is 2. The molecule has 2 aliphatic rings. The lowest BCUT2D eigenvalue weighted by atomic mass is 9.91. The standard InChI is InChI=1S/C39H37ClF3N7O4/c1-54-37-23(17-44-20-25-9-12-33(51)47-25)8-11-31(49-37)30-7-3-5-28(35(30)39(41,42)43)29-6-2-4-27(36(29)40)22-14-15-50-32(16-22)46-19-24(38(50)53)18-45-21-26-10-13-34(52)48-26/h2-8,11,14-16,19,25-26,44-45H,9-10,12-13,17-18,20-21H2,1H3,(H,47,51)(H,48,52). The SMILES string of the molecule is COc1nc(-c2cccc(-c3cccc(-c4ccn5c(=O)c(CNCC6CCC(=O)N6)cnc5c4)c3Cl)c2C(F)(F)F)ccc1CNCC1CCC(=O)N1. The van der Waals surface area contributed by atoms with E-state index in [1.54, 1.807) is 36.5 Å². The van der Waals surface area contributed by atoms with E-state index in [2.05, 4.69) is 31.2 Å². The Morgan fingerprint density at radius 3 is 2.11 bits per heavy atom. The molecule has 2 aromatic carbocycles. The minimum absolute atomic E-state index is 0.0119. The molecule has 0 bridgehead atoms. The molecule has 4 N–H and O–H groups in total. The second kappa shape index (κ2) is 15.6. The van der Waals surface area contributed by atoms with Gasteiger partial charge < -0.3 is 26.0 Å². The minimum atomic E-state index is -4.78. The summed E-state index contributed by atoms with van der Waals surface area (Å²) < 4.78 is 52.0. The molecule has 0 saturated carbocycles. The molecule has 11 nitrogen and oxygen atoms in total. The van der Waals surface area contributed by atoms with E-state index in [1.807, 2.05) is 0 Å². The van der Waals surface area contributed by atoms with Crippen LogP contribution in [0.25, 0.3) is 39.2 Å². The van der Waals surface area contributed by atoms with E-state index in [9.17, 15) is 14.4 Å². The molecule has 0 radical (unpaired) electrons. The summed E-state index contributed by atoms with van der Waals surface area (Å²) in [5.41, 5.74) is 1.27. The summed E-state index contributed by atoms with van der Waals surface area (Å²) in [5.74, 6) is 0.210. The number of carbonyl (C=O) groups is 2. The molecule has 3 aromatic heterocycles. The van der Waals surface area contributed by atoms with Crippen LogP contribution in [0.3, 0.4) is 0 Å². The molecule has 2 atom stereocenters. The van der Waals surface area contributed by atoms with E-state index in [-0.39, 0.29) is 69.3 Å². The van der Waals surface area contributed by atoms with Gasteiger partial charge in [-0.2, -0.15) is 13.2 Å². The van der Waals surface area contributed by atoms with E-state index in [1.165, 1.54) is 48.0 Å². The Balaban J connectivity index is 1.16. The highest BCUT2D eigenvalue weighted by molar-refractivity contribution is 6.36. The highest BCUT2D eigenvalue weighted by atomic mass is 35.5. The molecular formula is C39H37ClF3N7O4. The number of nitrogens with zero attached hydrogens (tertiary/aromatic N) is 3. The zero-order valence-electron chi connectivity index (χ0n) is 29.2. The van der Waals surface area contributed by atoms with Gasteiger partial charge in [-0.15, -0.1) is 0 Å². The van der Waals surface area contributed by atoms with Crippen LogP contribution in [-0.2, 0) is 28.9 Å². The summed E-state index contributed by atoms with van der Waals surface area (Å²) >= 11 is 6.94. The Labute approximate surface area is 313 Å². The molecule has 5 aromatic rings. The van der Waals surface area contributed by atoms with Crippen LogP contribution in [0, 0.1) is 0 Å². The number of alkyl halides is 3. The number of pyridine rings is 2. The molecule has 280 valence electrons. The van der Waals surface area contributed by atoms with Gasteiger partial charge in [0.2, 0.25) is 17.7 Å². The van der Waals surface area contributed by atoms with Crippen molar-refractivity contribution in [1.29, 1.82) is 0 Å². The van der Waals surface area contributed by atoms with Gasteiger partial charge in [-0.1, -0.05) is 54.1 Å². The molecular weight excluding hydrogens is 723 g/mol. The number of methoxy groups -OCH3 is 1. The van der Waals surface area contributed by atoms with Crippen LogP contribution in [0.1, 0.15) is 42.4 Å². The number of rotatable bonds is 12. The van der Waals surface area contributed by atoms with Gasteiger partial charge in [-0.3, -0.25) is 18.8 Å². The number of hydrogen-bond donors (Lipinski definition) is 4. The molecule has 2 saturated heterocycles. The quantitative estimate of drug-likeness (QED) is 0.131. The van der Waals surface area contributed by atoms with Crippen LogP contribution in [0.15, 0.2) is 77.9 Å². The largest absolute Gasteiger partial charge is 0.481 e. The maximum Gasteiger partial charge on any atom is 0.417 e. The summed E-state index contributed by atoms with van der Waals surface area (Å²) in [4.78, 5) is 45.2. The Hall–Kier alpha value is -5.31. The van der Waals surface area contributed by atoms with Gasteiger partial charge in [0.05, 0.1) is 23.4 Å². The Morgan fingerprint density at radius 2 is 1.48 bits per heavy atom. The molecule has 7 rings (SSSR count). The van der Waals surface area contributed by atoms with Gasteiger partial charge >= 0.3 is 6.18 Å². The second-order valence-corrected chi connectivity index (χ2v) is 13.7. The molecule has 2 fully saturated rings. The van der Waals surface area contributed by atoms with E-state index in [4.69, 9.17) is 16.3 Å². The summed E-state index contributed by atoms with van der Waals surface area (Å²) in [5, 5.41) is 12.3. The van der Waals surface area contributed by atoms with Crippen molar-refractivity contribution in [3.05, 3.63) is 105 Å². The predicted octanol–water partition coefficient (Wildman–Crippen LogP) is 5.51. The second-order valence-electron chi connectivity index (χ2n) is 13.4. The Bertz CT molecular complexity index is 2300. The fourth-order valence-electron chi connectivity index (χ4n) is 7.01. The normalized spacial score (nSPS) is 17.2. The van der Waals surface area contributed by atoms with Gasteiger partial charge in [-0.05, 0) is 42.2 Å². The van der Waals surface area contributed by atoms with E-state index in [0.29, 0.717) is 60.4 Å². The average molecular weight is 760 g/mol. The van der Waals surface area contributed by atoms with Gasteiger partial charge in [0, 0.05) is 91.3 Å². The lowest BCUT2D eigenvalue weighted by Crippen LogP contribution is -2.36. The summed E-state index contributed by atoms with van der Waals surface area (Å²) in [6.45, 7) is 1.67. The monoisotopic (exact) mass is 759 g/mol. The third-order valence-corrected chi connectivity index (χ3v) is 10.1. The topological polar surface area (TPSA) is 139 Å². The number of hydrogen-bond acceptors (Lipinski definition) is 8. The van der Waals surface area contributed by atoms with Crippen LogP contribution >= 0.6 is 11.6 Å². The van der Waals surface area contributed by atoms with Crippen molar-refractivity contribution in [1.82, 2.24) is 35.6 Å². The van der Waals surface area contributed by atoms with Crippen molar-refractivity contribution in [2.24, 2.45) is 0 Å². The predicted molar refractivity (Wildman–Crippen MR) is 198 cm³/mol. The van der Waals surface area contributed by atoms with Gasteiger partial charge in [0.25, 0.3) is 5.56 Å². The van der Waals surface area contributed by atoms with Crippen molar-refractivity contribution in [3.63, 3.8) is 0 Å². The fourth-order valence-corrected chi connectivity index (χ4v) is 7.35. The highest BCUT2D eigenvalue weighted by Crippen LogP contribution is 2.46. The van der Waals surface area contributed by atoms with E-state index < -0.39 is 11.7 Å². The van der Waals surface area contributed by atoms with Crippen molar-refractivity contribution in [2.45, 2.75) is 57.0 Å². The first kappa shape index (κ1) is 37.0. The third-order valence-electron chi connectivity index (χ3n) is 9.72. The summed E-state index contributed by atoms with van der Waals surface area (Å²) in [6.07, 6.45) is 0.715. The Kier molecular flexibility index (Phi) is 10.7. The third kappa shape index (κ3) is 7.81. The first-order valence-electron chi connectivity index (χ1n) is 17.5. The van der Waals surface area contributed by atoms with Crippen LogP contribution in [-0.4, -0.2) is 58.5 Å². The zero-order valence-corrected chi connectivity index (χ0v) is 30.0. The van der Waals surface area contributed by atoms with Gasteiger partial charge in [-0.25, -0.2) is 9.97 Å².